The molecule has 5 nitrogen and oxygen atoms in total. The molecule has 0 aromatic heterocycles. The number of halogens is 1. The molecule has 1 aliphatic rings. The number of carboxylic acid groups (broad SMARTS) is 1. The maximum atomic E-state index is 11.5. The van der Waals surface area contributed by atoms with Crippen LogP contribution in [0.3, 0.4) is 0 Å². The van der Waals surface area contributed by atoms with Crippen LogP contribution >= 0.6 is 15.9 Å². The van der Waals surface area contributed by atoms with Gasteiger partial charge < -0.3 is 19.3 Å². The summed E-state index contributed by atoms with van der Waals surface area (Å²) in [6.45, 7) is 0. The van der Waals surface area contributed by atoms with Crippen molar-refractivity contribution in [2.45, 2.75) is 18.3 Å². The number of hydrogen-bond donors (Lipinski definition) is 1. The van der Waals surface area contributed by atoms with E-state index >= 15 is 0 Å². The molecule has 0 atom stereocenters. The van der Waals surface area contributed by atoms with Crippen LogP contribution < -0.4 is 14.2 Å². The quantitative estimate of drug-likeness (QED) is 0.898. The standard InChI is InChI=1S/C13H15BrO5/c1-17-8-6-7(14)9(11(19-3)10(8)18-2)13(4-5-13)12(15)16/h6H,4-5H2,1-3H3,(H,15,16). The number of ether oxygens (including phenoxy) is 3. The second-order valence-corrected chi connectivity index (χ2v) is 5.24. The molecule has 2 rings (SSSR count). The molecule has 1 aliphatic carbocycles. The lowest BCUT2D eigenvalue weighted by atomic mass is 9.94. The van der Waals surface area contributed by atoms with E-state index in [9.17, 15) is 9.90 Å². The van der Waals surface area contributed by atoms with Crippen LogP contribution in [0.2, 0.25) is 0 Å². The van der Waals surface area contributed by atoms with Gasteiger partial charge in [0.15, 0.2) is 11.5 Å². The SMILES string of the molecule is COc1cc(Br)c(C2(C(=O)O)CC2)c(OC)c1OC. The van der Waals surface area contributed by atoms with E-state index in [0.29, 0.717) is 40.1 Å². The first-order valence-corrected chi connectivity index (χ1v) is 6.53. The van der Waals surface area contributed by atoms with E-state index in [1.165, 1.54) is 21.3 Å². The smallest absolute Gasteiger partial charge is 0.314 e. The normalized spacial score (nSPS) is 15.8. The highest BCUT2D eigenvalue weighted by Gasteiger charge is 2.55. The molecule has 0 spiro atoms. The second-order valence-electron chi connectivity index (χ2n) is 4.39. The van der Waals surface area contributed by atoms with E-state index in [1.54, 1.807) is 6.07 Å². The minimum Gasteiger partial charge on any atom is -0.493 e. The molecule has 6 heteroatoms. The van der Waals surface area contributed by atoms with Gasteiger partial charge in [0, 0.05) is 10.0 Å². The van der Waals surface area contributed by atoms with Crippen molar-refractivity contribution >= 4 is 21.9 Å². The summed E-state index contributed by atoms with van der Waals surface area (Å²) in [4.78, 5) is 11.5. The third-order valence-corrected chi connectivity index (χ3v) is 4.05. The van der Waals surface area contributed by atoms with Crippen LogP contribution in [0.25, 0.3) is 0 Å². The maximum Gasteiger partial charge on any atom is 0.314 e. The Bertz CT molecular complexity index is 522. The lowest BCUT2D eigenvalue weighted by Gasteiger charge is -2.21. The lowest BCUT2D eigenvalue weighted by molar-refractivity contribution is -0.140. The molecule has 1 fully saturated rings. The van der Waals surface area contributed by atoms with E-state index in [2.05, 4.69) is 15.9 Å². The Labute approximate surface area is 119 Å². The number of benzene rings is 1. The third kappa shape index (κ3) is 2.04. The van der Waals surface area contributed by atoms with Crippen LogP contribution in [0.4, 0.5) is 0 Å². The summed E-state index contributed by atoms with van der Waals surface area (Å²) >= 11 is 3.41. The molecule has 104 valence electrons. The molecule has 0 heterocycles. The minimum absolute atomic E-state index is 0.411. The van der Waals surface area contributed by atoms with Crippen LogP contribution in [-0.2, 0) is 10.2 Å². The largest absolute Gasteiger partial charge is 0.493 e. The fourth-order valence-electron chi connectivity index (χ4n) is 2.27. The van der Waals surface area contributed by atoms with Gasteiger partial charge >= 0.3 is 5.97 Å². The van der Waals surface area contributed by atoms with Crippen molar-refractivity contribution in [3.05, 3.63) is 16.1 Å². The first-order chi connectivity index (χ1) is 9.01. The van der Waals surface area contributed by atoms with Crippen molar-refractivity contribution < 1.29 is 24.1 Å². The van der Waals surface area contributed by atoms with Crippen LogP contribution in [-0.4, -0.2) is 32.4 Å². The molecule has 0 unspecified atom stereocenters. The molecule has 1 N–H and O–H groups in total. The van der Waals surface area contributed by atoms with Crippen LogP contribution in [0.15, 0.2) is 10.5 Å². The molecule has 1 aromatic rings. The summed E-state index contributed by atoms with van der Waals surface area (Å²) in [6.07, 6.45) is 1.18. The monoisotopic (exact) mass is 330 g/mol. The topological polar surface area (TPSA) is 65.0 Å². The Balaban J connectivity index is 2.71. The zero-order valence-corrected chi connectivity index (χ0v) is 12.5. The van der Waals surface area contributed by atoms with Gasteiger partial charge in [0.2, 0.25) is 5.75 Å². The van der Waals surface area contributed by atoms with Gasteiger partial charge in [-0.05, 0) is 18.9 Å². The summed E-state index contributed by atoms with van der Waals surface area (Å²) < 4.78 is 16.5. The van der Waals surface area contributed by atoms with Crippen LogP contribution in [0.1, 0.15) is 18.4 Å². The van der Waals surface area contributed by atoms with Gasteiger partial charge in [-0.2, -0.15) is 0 Å². The Morgan fingerprint density at radius 1 is 1.21 bits per heavy atom. The van der Waals surface area contributed by atoms with Gasteiger partial charge in [-0.3, -0.25) is 4.79 Å². The van der Waals surface area contributed by atoms with E-state index in [0.717, 1.165) is 0 Å². The average Bonchev–Trinajstić information content (AvgIpc) is 3.18. The molecular weight excluding hydrogens is 316 g/mol. The van der Waals surface area contributed by atoms with Gasteiger partial charge in [0.1, 0.15) is 0 Å². The van der Waals surface area contributed by atoms with Crippen molar-refractivity contribution in [3.63, 3.8) is 0 Å². The van der Waals surface area contributed by atoms with Crippen molar-refractivity contribution in [3.8, 4) is 17.2 Å². The third-order valence-electron chi connectivity index (χ3n) is 3.42. The Morgan fingerprint density at radius 2 is 1.79 bits per heavy atom. The molecule has 19 heavy (non-hydrogen) atoms. The molecule has 1 aromatic carbocycles. The summed E-state index contributed by atoms with van der Waals surface area (Å²) in [5.74, 6) is 0.472. The van der Waals surface area contributed by atoms with Crippen LogP contribution in [0.5, 0.6) is 17.2 Å². The molecular formula is C13H15BrO5. The van der Waals surface area contributed by atoms with E-state index in [-0.39, 0.29) is 0 Å². The van der Waals surface area contributed by atoms with Gasteiger partial charge in [-0.15, -0.1) is 0 Å². The van der Waals surface area contributed by atoms with E-state index in [1.807, 2.05) is 0 Å². The van der Waals surface area contributed by atoms with Gasteiger partial charge in [-0.25, -0.2) is 0 Å². The predicted octanol–water partition coefficient (Wildman–Crippen LogP) is 2.59. The highest BCUT2D eigenvalue weighted by Crippen LogP contribution is 2.57. The zero-order valence-electron chi connectivity index (χ0n) is 10.9. The summed E-state index contributed by atoms with van der Waals surface area (Å²) in [7, 11) is 4.51. The fraction of sp³-hybridized carbons (Fsp3) is 0.462. The number of rotatable bonds is 5. The first kappa shape index (κ1) is 14.0. The number of aliphatic carboxylic acids is 1. The predicted molar refractivity (Wildman–Crippen MR) is 72.3 cm³/mol. The summed E-state index contributed by atoms with van der Waals surface area (Å²) in [6, 6.07) is 1.71. The number of hydrogen-bond acceptors (Lipinski definition) is 4. The Hall–Kier alpha value is -1.43. The molecule has 0 bridgehead atoms. The van der Waals surface area contributed by atoms with Crippen molar-refractivity contribution in [2.24, 2.45) is 0 Å². The zero-order chi connectivity index (χ0) is 14.2. The Kier molecular flexibility index (Phi) is 3.62. The molecule has 0 saturated heterocycles. The van der Waals surface area contributed by atoms with Crippen LogP contribution in [0, 0.1) is 0 Å². The minimum atomic E-state index is -0.885. The number of methoxy groups -OCH3 is 3. The molecule has 0 radical (unpaired) electrons. The average molecular weight is 331 g/mol. The van der Waals surface area contributed by atoms with Crippen molar-refractivity contribution in [1.82, 2.24) is 0 Å². The van der Waals surface area contributed by atoms with Gasteiger partial charge in [0.05, 0.1) is 26.7 Å². The fourth-order valence-corrected chi connectivity index (χ4v) is 3.04. The summed E-state index contributed by atoms with van der Waals surface area (Å²) in [5.41, 5.74) is -0.274. The molecule has 0 amide bonds. The number of carbonyl (C=O) groups is 1. The van der Waals surface area contributed by atoms with Gasteiger partial charge in [-0.1, -0.05) is 15.9 Å². The first-order valence-electron chi connectivity index (χ1n) is 5.74. The van der Waals surface area contributed by atoms with E-state index < -0.39 is 11.4 Å². The van der Waals surface area contributed by atoms with Crippen molar-refractivity contribution in [2.75, 3.05) is 21.3 Å². The van der Waals surface area contributed by atoms with E-state index in [4.69, 9.17) is 14.2 Å². The van der Waals surface area contributed by atoms with Gasteiger partial charge in [0.25, 0.3) is 0 Å². The lowest BCUT2D eigenvalue weighted by Crippen LogP contribution is -2.21. The maximum absolute atomic E-state index is 11.5. The molecule has 0 aliphatic heterocycles. The van der Waals surface area contributed by atoms with Crippen molar-refractivity contribution in [1.29, 1.82) is 0 Å². The highest BCUT2D eigenvalue weighted by atomic mass is 79.9. The summed E-state index contributed by atoms with van der Waals surface area (Å²) in [5, 5.41) is 9.44. The second kappa shape index (κ2) is 4.92. The Morgan fingerprint density at radius 3 is 2.16 bits per heavy atom. The number of carboxylic acids is 1. The highest BCUT2D eigenvalue weighted by molar-refractivity contribution is 9.10. The molecule has 1 saturated carbocycles.